The number of likely N-dealkylation sites (N-methyl/N-ethyl adjacent to an activating group) is 1. The predicted molar refractivity (Wildman–Crippen MR) is 92.5 cm³/mol. The summed E-state index contributed by atoms with van der Waals surface area (Å²) in [6, 6.07) is 18.4. The van der Waals surface area contributed by atoms with E-state index in [0.717, 1.165) is 25.1 Å². The Morgan fingerprint density at radius 3 is 2.57 bits per heavy atom. The van der Waals surface area contributed by atoms with Gasteiger partial charge in [0.15, 0.2) is 0 Å². The molecule has 118 valence electrons. The van der Waals surface area contributed by atoms with Crippen LogP contribution in [0.3, 0.4) is 0 Å². The largest absolute Gasteiger partial charge is 0.421 e. The lowest BCUT2D eigenvalue weighted by molar-refractivity contribution is 0.503. The first kappa shape index (κ1) is 15.3. The maximum Gasteiger partial charge on any atom is 0.247 e. The normalized spacial score (nSPS) is 10.7. The summed E-state index contributed by atoms with van der Waals surface area (Å²) in [5.74, 6) is 1.26. The van der Waals surface area contributed by atoms with Gasteiger partial charge in [-0.15, -0.1) is 10.2 Å². The van der Waals surface area contributed by atoms with Crippen LogP contribution in [0, 0.1) is 6.92 Å². The molecule has 0 amide bonds. The van der Waals surface area contributed by atoms with Gasteiger partial charge in [0.1, 0.15) is 0 Å². The number of hydrogen-bond acceptors (Lipinski definition) is 4. The van der Waals surface area contributed by atoms with Crippen LogP contribution in [0.25, 0.3) is 11.5 Å². The van der Waals surface area contributed by atoms with E-state index in [1.165, 1.54) is 11.3 Å². The van der Waals surface area contributed by atoms with Crippen molar-refractivity contribution in [3.8, 4) is 11.5 Å². The van der Waals surface area contributed by atoms with E-state index in [1.54, 1.807) is 0 Å². The minimum absolute atomic E-state index is 0.583. The average molecular weight is 307 g/mol. The van der Waals surface area contributed by atoms with E-state index in [0.29, 0.717) is 11.8 Å². The summed E-state index contributed by atoms with van der Waals surface area (Å²) in [5.41, 5.74) is 3.46. The zero-order chi connectivity index (χ0) is 16.1. The molecule has 0 saturated carbocycles. The first-order chi connectivity index (χ1) is 11.3. The Morgan fingerprint density at radius 1 is 1.00 bits per heavy atom. The summed E-state index contributed by atoms with van der Waals surface area (Å²) in [4.78, 5) is 2.32. The number of nitrogens with zero attached hydrogens (tertiary/aromatic N) is 3. The van der Waals surface area contributed by atoms with Crippen molar-refractivity contribution in [3.05, 3.63) is 66.1 Å². The maximum absolute atomic E-state index is 5.78. The molecular weight excluding hydrogens is 286 g/mol. The lowest BCUT2D eigenvalue weighted by Gasteiger charge is -2.22. The Hall–Kier alpha value is -2.62. The molecule has 23 heavy (non-hydrogen) atoms. The van der Waals surface area contributed by atoms with Gasteiger partial charge in [-0.05, 0) is 43.7 Å². The van der Waals surface area contributed by atoms with Gasteiger partial charge in [-0.2, -0.15) is 0 Å². The van der Waals surface area contributed by atoms with E-state index in [9.17, 15) is 0 Å². The smallest absolute Gasteiger partial charge is 0.247 e. The highest BCUT2D eigenvalue weighted by molar-refractivity contribution is 5.52. The standard InChI is InChI=1S/C19H21N3O/c1-3-22(17-11-7-8-15(2)14-17)13-12-18-20-21-19(23-18)16-9-5-4-6-10-16/h4-11,14H,3,12-13H2,1-2H3. The van der Waals surface area contributed by atoms with E-state index in [2.05, 4.69) is 53.2 Å². The number of hydrogen-bond donors (Lipinski definition) is 0. The molecule has 0 radical (unpaired) electrons. The van der Waals surface area contributed by atoms with Crippen LogP contribution in [0.1, 0.15) is 18.4 Å². The Balaban J connectivity index is 1.67. The molecule has 2 aromatic carbocycles. The van der Waals surface area contributed by atoms with Crippen molar-refractivity contribution >= 4 is 5.69 Å². The number of rotatable bonds is 6. The zero-order valence-electron chi connectivity index (χ0n) is 13.6. The van der Waals surface area contributed by atoms with Gasteiger partial charge in [0.05, 0.1) is 0 Å². The van der Waals surface area contributed by atoms with Crippen LogP contribution in [0.15, 0.2) is 59.0 Å². The van der Waals surface area contributed by atoms with Gasteiger partial charge in [0.2, 0.25) is 11.8 Å². The van der Waals surface area contributed by atoms with Gasteiger partial charge < -0.3 is 9.32 Å². The zero-order valence-corrected chi connectivity index (χ0v) is 13.6. The molecule has 0 aliphatic carbocycles. The molecule has 0 N–H and O–H groups in total. The maximum atomic E-state index is 5.78. The number of aromatic nitrogens is 2. The molecule has 0 aliphatic rings. The van der Waals surface area contributed by atoms with Gasteiger partial charge >= 0.3 is 0 Å². The summed E-state index contributed by atoms with van der Waals surface area (Å²) in [7, 11) is 0. The van der Waals surface area contributed by atoms with Crippen molar-refractivity contribution < 1.29 is 4.42 Å². The predicted octanol–water partition coefficient (Wildman–Crippen LogP) is 4.11. The van der Waals surface area contributed by atoms with Crippen LogP contribution in [0.4, 0.5) is 5.69 Å². The van der Waals surface area contributed by atoms with E-state index in [4.69, 9.17) is 4.42 Å². The molecule has 0 aliphatic heterocycles. The number of aryl methyl sites for hydroxylation is 1. The van der Waals surface area contributed by atoms with Crippen molar-refractivity contribution in [2.45, 2.75) is 20.3 Å². The first-order valence-corrected chi connectivity index (χ1v) is 7.95. The SMILES string of the molecule is CCN(CCc1nnc(-c2ccccc2)o1)c1cccc(C)c1. The molecule has 0 fully saturated rings. The molecule has 4 nitrogen and oxygen atoms in total. The number of benzene rings is 2. The fraction of sp³-hybridized carbons (Fsp3) is 0.263. The fourth-order valence-electron chi connectivity index (χ4n) is 2.58. The van der Waals surface area contributed by atoms with Crippen molar-refractivity contribution in [1.82, 2.24) is 10.2 Å². The van der Waals surface area contributed by atoms with Gasteiger partial charge in [0.25, 0.3) is 0 Å². The van der Waals surface area contributed by atoms with Gasteiger partial charge in [-0.25, -0.2) is 0 Å². The Bertz CT molecular complexity index is 752. The second-order valence-electron chi connectivity index (χ2n) is 5.54. The fourth-order valence-corrected chi connectivity index (χ4v) is 2.58. The molecular formula is C19H21N3O. The summed E-state index contributed by atoms with van der Waals surface area (Å²) >= 11 is 0. The molecule has 0 bridgehead atoms. The monoisotopic (exact) mass is 307 g/mol. The summed E-state index contributed by atoms with van der Waals surface area (Å²) in [5, 5.41) is 8.31. The molecule has 1 aromatic heterocycles. The summed E-state index contributed by atoms with van der Waals surface area (Å²) in [6.07, 6.45) is 0.738. The minimum Gasteiger partial charge on any atom is -0.421 e. The van der Waals surface area contributed by atoms with Crippen molar-refractivity contribution in [1.29, 1.82) is 0 Å². The highest BCUT2D eigenvalue weighted by Crippen LogP contribution is 2.19. The van der Waals surface area contributed by atoms with E-state index >= 15 is 0 Å². The van der Waals surface area contributed by atoms with Crippen LogP contribution >= 0.6 is 0 Å². The topological polar surface area (TPSA) is 42.2 Å². The quantitative estimate of drug-likeness (QED) is 0.687. The van der Waals surface area contributed by atoms with Crippen LogP contribution in [-0.2, 0) is 6.42 Å². The van der Waals surface area contributed by atoms with E-state index in [-0.39, 0.29) is 0 Å². The highest BCUT2D eigenvalue weighted by atomic mass is 16.4. The first-order valence-electron chi connectivity index (χ1n) is 7.95. The highest BCUT2D eigenvalue weighted by Gasteiger charge is 2.10. The second-order valence-corrected chi connectivity index (χ2v) is 5.54. The Labute approximate surface area is 136 Å². The lowest BCUT2D eigenvalue weighted by Crippen LogP contribution is -2.25. The third kappa shape index (κ3) is 3.77. The summed E-state index contributed by atoms with van der Waals surface area (Å²) in [6.45, 7) is 6.08. The van der Waals surface area contributed by atoms with E-state index in [1.807, 2.05) is 30.3 Å². The van der Waals surface area contributed by atoms with Gasteiger partial charge in [0, 0.05) is 30.8 Å². The van der Waals surface area contributed by atoms with Gasteiger partial charge in [-0.1, -0.05) is 30.3 Å². The molecule has 3 aromatic rings. The number of anilines is 1. The van der Waals surface area contributed by atoms with Crippen LogP contribution in [-0.4, -0.2) is 23.3 Å². The third-order valence-electron chi connectivity index (χ3n) is 3.83. The molecule has 0 saturated heterocycles. The van der Waals surface area contributed by atoms with Crippen LogP contribution < -0.4 is 4.90 Å². The van der Waals surface area contributed by atoms with Crippen molar-refractivity contribution in [2.24, 2.45) is 0 Å². The molecule has 4 heteroatoms. The van der Waals surface area contributed by atoms with Crippen molar-refractivity contribution in [2.75, 3.05) is 18.0 Å². The third-order valence-corrected chi connectivity index (χ3v) is 3.83. The Kier molecular flexibility index (Phi) is 4.71. The van der Waals surface area contributed by atoms with Crippen LogP contribution in [0.5, 0.6) is 0 Å². The molecule has 0 unspecified atom stereocenters. The average Bonchev–Trinajstić information content (AvgIpc) is 3.05. The molecule has 0 atom stereocenters. The summed E-state index contributed by atoms with van der Waals surface area (Å²) < 4.78 is 5.78. The van der Waals surface area contributed by atoms with Crippen LogP contribution in [0.2, 0.25) is 0 Å². The van der Waals surface area contributed by atoms with Crippen molar-refractivity contribution in [3.63, 3.8) is 0 Å². The molecule has 0 spiro atoms. The molecule has 1 heterocycles. The second kappa shape index (κ2) is 7.09. The molecule has 3 rings (SSSR count). The Morgan fingerprint density at radius 2 is 1.83 bits per heavy atom. The minimum atomic E-state index is 0.583. The van der Waals surface area contributed by atoms with E-state index < -0.39 is 0 Å². The van der Waals surface area contributed by atoms with Gasteiger partial charge in [-0.3, -0.25) is 0 Å². The lowest BCUT2D eigenvalue weighted by atomic mass is 10.2.